The number of imidazole rings is 1. The number of hydrogen-bond donors (Lipinski definition) is 2. The summed E-state index contributed by atoms with van der Waals surface area (Å²) in [6, 6.07) is 7.58. The van der Waals surface area contributed by atoms with E-state index >= 15 is 0 Å². The second-order valence-corrected chi connectivity index (χ2v) is 5.36. The molecule has 0 unspecified atom stereocenters. The summed E-state index contributed by atoms with van der Waals surface area (Å²) >= 11 is 0. The molecule has 1 aromatic carbocycles. The maximum atomic E-state index is 12.1. The van der Waals surface area contributed by atoms with E-state index in [1.54, 1.807) is 10.9 Å². The predicted molar refractivity (Wildman–Crippen MR) is 85.7 cm³/mol. The van der Waals surface area contributed by atoms with Crippen molar-refractivity contribution in [3.63, 3.8) is 0 Å². The topological polar surface area (TPSA) is 75.6 Å². The van der Waals surface area contributed by atoms with Crippen LogP contribution in [0.25, 0.3) is 11.0 Å². The molecule has 3 rings (SSSR count). The highest BCUT2D eigenvalue weighted by molar-refractivity contribution is 5.93. The monoisotopic (exact) mass is 297 g/mol. The fraction of sp³-hybridized carbons (Fsp3) is 0.312. The van der Waals surface area contributed by atoms with Crippen molar-refractivity contribution in [2.24, 2.45) is 0 Å². The zero-order valence-corrected chi connectivity index (χ0v) is 12.7. The first kappa shape index (κ1) is 14.3. The number of fused-ring (bicyclic) bond motifs is 1. The second-order valence-electron chi connectivity index (χ2n) is 5.36. The van der Waals surface area contributed by atoms with Crippen molar-refractivity contribution < 1.29 is 4.79 Å². The van der Waals surface area contributed by atoms with Crippen LogP contribution >= 0.6 is 0 Å². The van der Waals surface area contributed by atoms with E-state index in [2.05, 4.69) is 27.3 Å². The minimum atomic E-state index is -0.0300. The maximum Gasteiger partial charge on any atom is 0.226 e. The van der Waals surface area contributed by atoms with Crippen molar-refractivity contribution in [3.8, 4) is 0 Å². The maximum absolute atomic E-state index is 12.1. The summed E-state index contributed by atoms with van der Waals surface area (Å²) in [7, 11) is 0. The third kappa shape index (κ3) is 3.00. The summed E-state index contributed by atoms with van der Waals surface area (Å²) in [5.74, 6) is 0.920. The molecule has 22 heavy (non-hydrogen) atoms. The van der Waals surface area contributed by atoms with Crippen molar-refractivity contribution in [1.29, 1.82) is 0 Å². The van der Waals surface area contributed by atoms with E-state index in [4.69, 9.17) is 0 Å². The van der Waals surface area contributed by atoms with Crippen LogP contribution in [0.5, 0.6) is 0 Å². The van der Waals surface area contributed by atoms with Gasteiger partial charge in [0.2, 0.25) is 5.91 Å². The zero-order chi connectivity index (χ0) is 15.5. The number of nitrogens with one attached hydrogen (secondary N) is 2. The van der Waals surface area contributed by atoms with E-state index in [0.29, 0.717) is 6.42 Å². The number of carbonyl (C=O) groups excluding carboxylic acids is 1. The van der Waals surface area contributed by atoms with Gasteiger partial charge in [0.25, 0.3) is 0 Å². The molecule has 2 aromatic heterocycles. The van der Waals surface area contributed by atoms with Gasteiger partial charge in [0.05, 0.1) is 17.1 Å². The van der Waals surface area contributed by atoms with E-state index in [1.807, 2.05) is 37.4 Å². The third-order valence-corrected chi connectivity index (χ3v) is 3.61. The molecule has 1 amide bonds. The van der Waals surface area contributed by atoms with E-state index in [9.17, 15) is 4.79 Å². The Balaban J connectivity index is 1.68. The van der Waals surface area contributed by atoms with Crippen molar-refractivity contribution in [2.45, 2.75) is 32.7 Å². The summed E-state index contributed by atoms with van der Waals surface area (Å²) in [5, 5.41) is 7.08. The Morgan fingerprint density at radius 2 is 2.32 bits per heavy atom. The Labute approximate surface area is 128 Å². The standard InChI is InChI=1S/C16H19N5O/c1-3-15-19-13-6-5-12(10-14(13)20-15)18-16(22)9-11(2)21-8-4-7-17-21/h4-8,10-11H,3,9H2,1-2H3,(H,18,22)(H,19,20)/t11-/m1/s1. The average molecular weight is 297 g/mol. The van der Waals surface area contributed by atoms with Crippen LogP contribution in [0.4, 0.5) is 5.69 Å². The van der Waals surface area contributed by atoms with E-state index in [-0.39, 0.29) is 11.9 Å². The molecular weight excluding hydrogens is 278 g/mol. The van der Waals surface area contributed by atoms with Gasteiger partial charge in [-0.15, -0.1) is 0 Å². The van der Waals surface area contributed by atoms with Gasteiger partial charge in [-0.05, 0) is 31.2 Å². The number of hydrogen-bond acceptors (Lipinski definition) is 3. The molecule has 0 saturated carbocycles. The quantitative estimate of drug-likeness (QED) is 0.760. The molecule has 0 aliphatic rings. The Hall–Kier alpha value is -2.63. The summed E-state index contributed by atoms with van der Waals surface area (Å²) in [5.41, 5.74) is 2.63. The van der Waals surface area contributed by atoms with Crippen LogP contribution in [-0.2, 0) is 11.2 Å². The van der Waals surface area contributed by atoms with E-state index in [1.165, 1.54) is 0 Å². The molecule has 114 valence electrons. The molecule has 0 bridgehead atoms. The number of benzene rings is 1. The lowest BCUT2D eigenvalue weighted by molar-refractivity contribution is -0.116. The Bertz CT molecular complexity index is 775. The second kappa shape index (κ2) is 6.01. The summed E-state index contributed by atoms with van der Waals surface area (Å²) < 4.78 is 1.78. The number of aryl methyl sites for hydroxylation is 1. The van der Waals surface area contributed by atoms with Crippen LogP contribution in [-0.4, -0.2) is 25.7 Å². The van der Waals surface area contributed by atoms with Crippen molar-refractivity contribution in [1.82, 2.24) is 19.7 Å². The molecule has 6 heteroatoms. The normalized spacial score (nSPS) is 12.5. The van der Waals surface area contributed by atoms with E-state index < -0.39 is 0 Å². The van der Waals surface area contributed by atoms with Gasteiger partial charge in [0.15, 0.2) is 0 Å². The number of H-pyrrole nitrogens is 1. The van der Waals surface area contributed by atoms with Crippen LogP contribution in [0.2, 0.25) is 0 Å². The molecule has 0 saturated heterocycles. The number of rotatable bonds is 5. The molecule has 2 N–H and O–H groups in total. The van der Waals surface area contributed by atoms with Gasteiger partial charge in [0, 0.05) is 30.9 Å². The summed E-state index contributed by atoms with van der Waals surface area (Å²) in [6.45, 7) is 4.02. The number of anilines is 1. The van der Waals surface area contributed by atoms with Crippen molar-refractivity contribution >= 4 is 22.6 Å². The lowest BCUT2D eigenvalue weighted by Gasteiger charge is -2.12. The molecule has 0 aliphatic carbocycles. The molecule has 6 nitrogen and oxygen atoms in total. The van der Waals surface area contributed by atoms with Crippen LogP contribution in [0.15, 0.2) is 36.7 Å². The molecule has 0 radical (unpaired) electrons. The summed E-state index contributed by atoms with van der Waals surface area (Å²) in [4.78, 5) is 19.8. The first-order chi connectivity index (χ1) is 10.7. The number of amides is 1. The van der Waals surface area contributed by atoms with Crippen LogP contribution in [0.3, 0.4) is 0 Å². The van der Waals surface area contributed by atoms with Crippen molar-refractivity contribution in [3.05, 3.63) is 42.5 Å². The highest BCUT2D eigenvalue weighted by atomic mass is 16.1. The predicted octanol–water partition coefficient (Wildman–Crippen LogP) is 2.91. The minimum Gasteiger partial charge on any atom is -0.342 e. The molecule has 1 atom stereocenters. The van der Waals surface area contributed by atoms with Crippen LogP contribution in [0, 0.1) is 0 Å². The molecular formula is C16H19N5O. The van der Waals surface area contributed by atoms with Gasteiger partial charge in [-0.2, -0.15) is 5.10 Å². The smallest absolute Gasteiger partial charge is 0.226 e. The summed E-state index contributed by atoms with van der Waals surface area (Å²) in [6.07, 6.45) is 4.81. The van der Waals surface area contributed by atoms with Crippen LogP contribution < -0.4 is 5.32 Å². The first-order valence-corrected chi connectivity index (χ1v) is 7.43. The van der Waals surface area contributed by atoms with Gasteiger partial charge in [-0.3, -0.25) is 9.48 Å². The Morgan fingerprint density at radius 3 is 3.05 bits per heavy atom. The molecule has 0 aliphatic heterocycles. The van der Waals surface area contributed by atoms with Gasteiger partial charge in [-0.1, -0.05) is 6.92 Å². The molecule has 0 spiro atoms. The van der Waals surface area contributed by atoms with Gasteiger partial charge in [0.1, 0.15) is 5.82 Å². The Kier molecular flexibility index (Phi) is 3.91. The number of aromatic amines is 1. The van der Waals surface area contributed by atoms with Crippen molar-refractivity contribution in [2.75, 3.05) is 5.32 Å². The number of carbonyl (C=O) groups is 1. The Morgan fingerprint density at radius 1 is 1.45 bits per heavy atom. The van der Waals surface area contributed by atoms with E-state index in [0.717, 1.165) is 29.0 Å². The minimum absolute atomic E-state index is 0.0255. The number of nitrogens with zero attached hydrogens (tertiary/aromatic N) is 3. The zero-order valence-electron chi connectivity index (χ0n) is 12.7. The average Bonchev–Trinajstić information content (AvgIpc) is 3.15. The first-order valence-electron chi connectivity index (χ1n) is 7.43. The lowest BCUT2D eigenvalue weighted by atomic mass is 10.2. The fourth-order valence-electron chi connectivity index (χ4n) is 2.42. The van der Waals surface area contributed by atoms with Gasteiger partial charge >= 0.3 is 0 Å². The largest absolute Gasteiger partial charge is 0.342 e. The molecule has 0 fully saturated rings. The SMILES string of the molecule is CCc1nc2ccc(NC(=O)C[C@@H](C)n3cccn3)cc2[nH]1. The number of aromatic nitrogens is 4. The molecule has 3 aromatic rings. The van der Waals surface area contributed by atoms with Gasteiger partial charge < -0.3 is 10.3 Å². The third-order valence-electron chi connectivity index (χ3n) is 3.61. The highest BCUT2D eigenvalue weighted by Crippen LogP contribution is 2.18. The van der Waals surface area contributed by atoms with Crippen LogP contribution in [0.1, 0.15) is 32.1 Å². The lowest BCUT2D eigenvalue weighted by Crippen LogP contribution is -2.17. The molecule has 2 heterocycles. The highest BCUT2D eigenvalue weighted by Gasteiger charge is 2.11. The van der Waals surface area contributed by atoms with Gasteiger partial charge in [-0.25, -0.2) is 4.98 Å². The fourth-order valence-corrected chi connectivity index (χ4v) is 2.42.